The molecular weight excluding hydrogens is 216 g/mol. The number of benzene rings is 1. The summed E-state index contributed by atoms with van der Waals surface area (Å²) < 4.78 is 10.9. The second kappa shape index (κ2) is 4.55. The molecule has 2 aliphatic rings. The first kappa shape index (κ1) is 10.9. The van der Waals surface area contributed by atoms with Gasteiger partial charge in [-0.15, -0.1) is 0 Å². The number of nitrogens with two attached hydrogens (primary N) is 1. The second-order valence-electron chi connectivity index (χ2n) is 4.76. The van der Waals surface area contributed by atoms with Gasteiger partial charge in [0.25, 0.3) is 0 Å². The number of ether oxygens (including phenoxy) is 2. The van der Waals surface area contributed by atoms with Crippen LogP contribution in [0.5, 0.6) is 5.75 Å². The number of nitrogens with zero attached hydrogens (tertiary/aromatic N) is 1. The number of anilines is 1. The van der Waals surface area contributed by atoms with Gasteiger partial charge in [-0.05, 0) is 38.1 Å². The van der Waals surface area contributed by atoms with E-state index in [0.717, 1.165) is 23.5 Å². The van der Waals surface area contributed by atoms with Crippen LogP contribution in [0.2, 0.25) is 0 Å². The van der Waals surface area contributed by atoms with E-state index >= 15 is 0 Å². The molecule has 4 nitrogen and oxygen atoms in total. The third kappa shape index (κ3) is 2.23. The molecule has 4 heteroatoms. The summed E-state index contributed by atoms with van der Waals surface area (Å²) in [7, 11) is 0. The Morgan fingerprint density at radius 1 is 1.24 bits per heavy atom. The van der Waals surface area contributed by atoms with E-state index in [1.165, 1.54) is 31.5 Å². The Bertz CT molecular complexity index is 414. The van der Waals surface area contributed by atoms with Gasteiger partial charge in [-0.2, -0.15) is 0 Å². The van der Waals surface area contributed by atoms with Crippen LogP contribution < -0.4 is 10.5 Å². The topological polar surface area (TPSA) is 47.7 Å². The van der Waals surface area contributed by atoms with E-state index in [9.17, 15) is 0 Å². The SMILES string of the molecule is Nc1cc2c(c(CN3CCCC3)c1)OCOC2. The fraction of sp³-hybridized carbons (Fsp3) is 0.538. The zero-order valence-corrected chi connectivity index (χ0v) is 9.95. The van der Waals surface area contributed by atoms with Crippen molar-refractivity contribution >= 4 is 5.69 Å². The fourth-order valence-corrected chi connectivity index (χ4v) is 2.63. The molecule has 3 rings (SSSR count). The van der Waals surface area contributed by atoms with E-state index in [0.29, 0.717) is 13.4 Å². The largest absolute Gasteiger partial charge is 0.467 e. The standard InChI is InChI=1S/C13H18N2O2/c14-12-5-10(7-15-3-1-2-4-15)13-11(6-12)8-16-9-17-13/h5-6H,1-4,7-9,14H2. The maximum Gasteiger partial charge on any atom is 0.189 e. The number of hydrogen-bond acceptors (Lipinski definition) is 4. The van der Waals surface area contributed by atoms with Crippen molar-refractivity contribution in [2.75, 3.05) is 25.6 Å². The average molecular weight is 234 g/mol. The predicted molar refractivity (Wildman–Crippen MR) is 65.6 cm³/mol. The minimum Gasteiger partial charge on any atom is -0.467 e. The first-order valence-electron chi connectivity index (χ1n) is 6.17. The monoisotopic (exact) mass is 234 g/mol. The van der Waals surface area contributed by atoms with E-state index < -0.39 is 0 Å². The number of fused-ring (bicyclic) bond motifs is 1. The Hall–Kier alpha value is -1.26. The zero-order valence-electron chi connectivity index (χ0n) is 9.95. The van der Waals surface area contributed by atoms with Gasteiger partial charge in [0.05, 0.1) is 6.61 Å². The van der Waals surface area contributed by atoms with Gasteiger partial charge in [0.15, 0.2) is 6.79 Å². The highest BCUT2D eigenvalue weighted by Gasteiger charge is 2.19. The molecule has 2 aliphatic heterocycles. The molecular formula is C13H18N2O2. The summed E-state index contributed by atoms with van der Waals surface area (Å²) in [5.41, 5.74) is 9.00. The van der Waals surface area contributed by atoms with E-state index in [1.807, 2.05) is 12.1 Å². The summed E-state index contributed by atoms with van der Waals surface area (Å²) in [5, 5.41) is 0. The van der Waals surface area contributed by atoms with E-state index in [-0.39, 0.29) is 0 Å². The summed E-state index contributed by atoms with van der Waals surface area (Å²) in [4.78, 5) is 2.45. The lowest BCUT2D eigenvalue weighted by Gasteiger charge is -2.23. The molecule has 0 bridgehead atoms. The molecule has 2 N–H and O–H groups in total. The van der Waals surface area contributed by atoms with E-state index in [2.05, 4.69) is 4.90 Å². The third-order valence-corrected chi connectivity index (χ3v) is 3.40. The summed E-state index contributed by atoms with van der Waals surface area (Å²) in [6.45, 7) is 4.25. The summed E-state index contributed by atoms with van der Waals surface area (Å²) in [6, 6.07) is 3.98. The fourth-order valence-electron chi connectivity index (χ4n) is 2.63. The Balaban J connectivity index is 1.88. The molecule has 0 aromatic heterocycles. The van der Waals surface area contributed by atoms with Crippen LogP contribution in [0.15, 0.2) is 12.1 Å². The molecule has 1 saturated heterocycles. The molecule has 92 valence electrons. The van der Waals surface area contributed by atoms with Gasteiger partial charge in [0.2, 0.25) is 0 Å². The molecule has 0 amide bonds. The molecule has 0 radical (unpaired) electrons. The van der Waals surface area contributed by atoms with Crippen molar-refractivity contribution in [3.8, 4) is 5.75 Å². The van der Waals surface area contributed by atoms with Crippen LogP contribution in [-0.4, -0.2) is 24.8 Å². The van der Waals surface area contributed by atoms with Crippen LogP contribution in [0.4, 0.5) is 5.69 Å². The Kier molecular flexibility index (Phi) is 2.91. The van der Waals surface area contributed by atoms with Gasteiger partial charge >= 0.3 is 0 Å². The number of nitrogen functional groups attached to an aromatic ring is 1. The van der Waals surface area contributed by atoms with Crippen LogP contribution in [0.3, 0.4) is 0 Å². The zero-order chi connectivity index (χ0) is 11.7. The van der Waals surface area contributed by atoms with Gasteiger partial charge in [-0.3, -0.25) is 4.90 Å². The maximum atomic E-state index is 5.93. The summed E-state index contributed by atoms with van der Waals surface area (Å²) in [6.07, 6.45) is 2.60. The molecule has 1 aromatic carbocycles. The van der Waals surface area contributed by atoms with Crippen LogP contribution in [0.25, 0.3) is 0 Å². The normalized spacial score (nSPS) is 20.0. The average Bonchev–Trinajstić information content (AvgIpc) is 2.81. The highest BCUT2D eigenvalue weighted by atomic mass is 16.7. The van der Waals surface area contributed by atoms with Gasteiger partial charge in [-0.1, -0.05) is 0 Å². The Morgan fingerprint density at radius 3 is 2.88 bits per heavy atom. The van der Waals surface area contributed by atoms with Gasteiger partial charge in [-0.25, -0.2) is 0 Å². The van der Waals surface area contributed by atoms with Crippen molar-refractivity contribution in [1.82, 2.24) is 4.90 Å². The lowest BCUT2D eigenvalue weighted by atomic mass is 10.1. The lowest BCUT2D eigenvalue weighted by molar-refractivity contribution is -0.0173. The smallest absolute Gasteiger partial charge is 0.189 e. The van der Waals surface area contributed by atoms with Gasteiger partial charge in [0.1, 0.15) is 5.75 Å². The lowest BCUT2D eigenvalue weighted by Crippen LogP contribution is -2.21. The van der Waals surface area contributed by atoms with Gasteiger partial charge < -0.3 is 15.2 Å². The van der Waals surface area contributed by atoms with Crippen molar-refractivity contribution in [2.45, 2.75) is 26.0 Å². The molecule has 0 spiro atoms. The first-order chi connectivity index (χ1) is 8.33. The summed E-state index contributed by atoms with van der Waals surface area (Å²) in [5.74, 6) is 0.984. The highest BCUT2D eigenvalue weighted by Crippen LogP contribution is 2.32. The van der Waals surface area contributed by atoms with Crippen molar-refractivity contribution in [3.05, 3.63) is 23.3 Å². The first-order valence-corrected chi connectivity index (χ1v) is 6.17. The van der Waals surface area contributed by atoms with Crippen molar-refractivity contribution < 1.29 is 9.47 Å². The predicted octanol–water partition coefficient (Wildman–Crippen LogP) is 1.73. The highest BCUT2D eigenvalue weighted by molar-refractivity contribution is 5.53. The quantitative estimate of drug-likeness (QED) is 0.792. The second-order valence-corrected chi connectivity index (χ2v) is 4.76. The Morgan fingerprint density at radius 2 is 2.06 bits per heavy atom. The maximum absolute atomic E-state index is 5.93. The number of likely N-dealkylation sites (tertiary alicyclic amines) is 1. The molecule has 17 heavy (non-hydrogen) atoms. The van der Waals surface area contributed by atoms with Crippen molar-refractivity contribution in [3.63, 3.8) is 0 Å². The molecule has 1 fully saturated rings. The molecule has 0 unspecified atom stereocenters. The minimum atomic E-state index is 0.351. The van der Waals surface area contributed by atoms with Crippen molar-refractivity contribution in [1.29, 1.82) is 0 Å². The van der Waals surface area contributed by atoms with Crippen molar-refractivity contribution in [2.24, 2.45) is 0 Å². The van der Waals surface area contributed by atoms with Crippen LogP contribution in [-0.2, 0) is 17.9 Å². The van der Waals surface area contributed by atoms with Gasteiger partial charge in [0, 0.05) is 23.4 Å². The minimum absolute atomic E-state index is 0.351. The summed E-state index contributed by atoms with van der Waals surface area (Å²) >= 11 is 0. The van der Waals surface area contributed by atoms with Crippen LogP contribution in [0, 0.1) is 0 Å². The number of hydrogen-bond donors (Lipinski definition) is 1. The molecule has 0 atom stereocenters. The third-order valence-electron chi connectivity index (χ3n) is 3.40. The number of rotatable bonds is 2. The molecule has 1 aromatic rings. The van der Waals surface area contributed by atoms with Crippen LogP contribution in [0.1, 0.15) is 24.0 Å². The van der Waals surface area contributed by atoms with E-state index in [1.54, 1.807) is 0 Å². The van der Waals surface area contributed by atoms with E-state index in [4.69, 9.17) is 15.2 Å². The van der Waals surface area contributed by atoms with Crippen LogP contribution >= 0.6 is 0 Å². The molecule has 2 heterocycles. The molecule has 0 saturated carbocycles. The Labute approximate surface area is 101 Å². The molecule has 0 aliphatic carbocycles.